The van der Waals surface area contributed by atoms with E-state index in [0.717, 1.165) is 10.9 Å². The van der Waals surface area contributed by atoms with Crippen molar-refractivity contribution < 1.29 is 0 Å². The van der Waals surface area contributed by atoms with E-state index in [4.69, 9.17) is 0 Å². The Morgan fingerprint density at radius 3 is 2.64 bits per heavy atom. The largest absolute Gasteiger partial charge is 0.265 e. The monoisotopic (exact) mass is 246 g/mol. The van der Waals surface area contributed by atoms with Gasteiger partial charge in [-0.15, -0.1) is 0 Å². The second kappa shape index (κ2) is 4.38. The minimum Gasteiger partial charge on any atom is -0.265 e. The summed E-state index contributed by atoms with van der Waals surface area (Å²) in [5.41, 5.74) is 2.56. The molecule has 1 aromatic carbocycles. The molecule has 0 unspecified atom stereocenters. The van der Waals surface area contributed by atoms with Gasteiger partial charge in [0.05, 0.1) is 0 Å². The first-order valence-corrected chi connectivity index (χ1v) is 5.19. The maximum absolute atomic E-state index is 3.99. The highest BCUT2D eigenvalue weighted by Crippen LogP contribution is 2.14. The quantitative estimate of drug-likeness (QED) is 0.793. The molecule has 0 N–H and O–H groups in total. The number of halogens is 1. The predicted molar refractivity (Wildman–Crippen MR) is 60.0 cm³/mol. The zero-order valence-corrected chi connectivity index (χ0v) is 9.16. The minimum absolute atomic E-state index is 0.940. The predicted octanol–water partition coefficient (Wildman–Crippen LogP) is 3.24. The molecule has 0 bridgehead atoms. The van der Waals surface area contributed by atoms with Gasteiger partial charge in [0.25, 0.3) is 0 Å². The van der Waals surface area contributed by atoms with Crippen LogP contribution in [0.3, 0.4) is 0 Å². The molecule has 2 aromatic rings. The van der Waals surface area contributed by atoms with Crippen molar-refractivity contribution in [1.29, 1.82) is 0 Å². The van der Waals surface area contributed by atoms with E-state index in [2.05, 4.69) is 39.1 Å². The van der Waals surface area contributed by atoms with Crippen molar-refractivity contribution in [2.75, 3.05) is 0 Å². The highest BCUT2D eigenvalue weighted by atomic mass is 79.9. The van der Waals surface area contributed by atoms with Crippen LogP contribution in [0.15, 0.2) is 47.2 Å². The average molecular weight is 247 g/mol. The van der Waals surface area contributed by atoms with Crippen LogP contribution in [-0.4, -0.2) is 4.98 Å². The summed E-state index contributed by atoms with van der Waals surface area (Å²) in [4.78, 5) is 3.99. The molecule has 1 radical (unpaired) electrons. The zero-order valence-electron chi connectivity index (χ0n) is 7.57. The smallest absolute Gasteiger partial charge is 0.0270 e. The van der Waals surface area contributed by atoms with E-state index in [-0.39, 0.29) is 0 Å². The highest BCUT2D eigenvalue weighted by molar-refractivity contribution is 9.10. The number of benzene rings is 1. The maximum Gasteiger partial charge on any atom is 0.0270 e. The Kier molecular flexibility index (Phi) is 2.94. The molecule has 0 amide bonds. The Hall–Kier alpha value is -1.15. The molecule has 69 valence electrons. The van der Waals surface area contributed by atoms with Gasteiger partial charge < -0.3 is 0 Å². The minimum atomic E-state index is 0.940. The summed E-state index contributed by atoms with van der Waals surface area (Å²) < 4.78 is 1.00. The molecule has 2 heteroatoms. The van der Waals surface area contributed by atoms with Crippen LogP contribution in [-0.2, 0) is 6.42 Å². The lowest BCUT2D eigenvalue weighted by Gasteiger charge is -2.01. The van der Waals surface area contributed by atoms with E-state index in [0.29, 0.717) is 0 Å². The van der Waals surface area contributed by atoms with Crippen molar-refractivity contribution in [3.05, 3.63) is 64.4 Å². The zero-order chi connectivity index (χ0) is 9.80. The van der Waals surface area contributed by atoms with Gasteiger partial charge in [0.2, 0.25) is 0 Å². The van der Waals surface area contributed by atoms with E-state index in [1.54, 1.807) is 0 Å². The van der Waals surface area contributed by atoms with Gasteiger partial charge in [-0.05, 0) is 41.8 Å². The Labute approximate surface area is 91.9 Å². The standard InChI is InChI=1S/C12H9BrN/c13-12-3-1-2-11(9-12)8-10-4-6-14-7-5-10/h1-2,4-7,9H,8H2. The van der Waals surface area contributed by atoms with Crippen LogP contribution in [0.5, 0.6) is 0 Å². The van der Waals surface area contributed by atoms with E-state index in [9.17, 15) is 0 Å². The molecule has 0 aliphatic rings. The molecular formula is C12H9BrN. The number of rotatable bonds is 2. The summed E-state index contributed by atoms with van der Waals surface area (Å²) in [6, 6.07) is 13.2. The second-order valence-corrected chi connectivity index (χ2v) is 3.93. The number of pyridine rings is 1. The summed E-state index contributed by atoms with van der Waals surface area (Å²) in [5.74, 6) is 0. The van der Waals surface area contributed by atoms with Crippen LogP contribution in [0.2, 0.25) is 0 Å². The first kappa shape index (κ1) is 9.41. The number of nitrogens with zero attached hydrogens (tertiary/aromatic N) is 1. The van der Waals surface area contributed by atoms with Crippen molar-refractivity contribution >= 4 is 15.9 Å². The van der Waals surface area contributed by atoms with Crippen molar-refractivity contribution in [2.24, 2.45) is 0 Å². The lowest BCUT2D eigenvalue weighted by Crippen LogP contribution is -1.87. The van der Waals surface area contributed by atoms with Crippen molar-refractivity contribution in [2.45, 2.75) is 6.42 Å². The molecule has 0 saturated heterocycles. The Balaban J connectivity index is 2.19. The Morgan fingerprint density at radius 1 is 1.14 bits per heavy atom. The molecule has 0 aliphatic carbocycles. The van der Waals surface area contributed by atoms with E-state index in [1.165, 1.54) is 11.1 Å². The van der Waals surface area contributed by atoms with E-state index < -0.39 is 0 Å². The van der Waals surface area contributed by atoms with Gasteiger partial charge in [-0.3, -0.25) is 4.98 Å². The van der Waals surface area contributed by atoms with Gasteiger partial charge in [-0.25, -0.2) is 0 Å². The molecule has 0 atom stereocenters. The number of aromatic nitrogens is 1. The second-order valence-electron chi connectivity index (χ2n) is 3.08. The highest BCUT2D eigenvalue weighted by Gasteiger charge is 1.96. The normalized spacial score (nSPS) is 10.1. The first-order chi connectivity index (χ1) is 6.84. The van der Waals surface area contributed by atoms with Gasteiger partial charge in [-0.1, -0.05) is 28.1 Å². The van der Waals surface area contributed by atoms with Crippen molar-refractivity contribution in [1.82, 2.24) is 4.98 Å². The SMILES string of the molecule is Brc1[c]ccc(Cc2ccncc2)c1. The summed E-state index contributed by atoms with van der Waals surface area (Å²) >= 11 is 3.41. The molecule has 2 rings (SSSR count). The average Bonchev–Trinajstić information content (AvgIpc) is 2.19. The molecule has 1 aromatic heterocycles. The van der Waals surface area contributed by atoms with Gasteiger partial charge in [-0.2, -0.15) is 0 Å². The Morgan fingerprint density at radius 2 is 1.93 bits per heavy atom. The third-order valence-electron chi connectivity index (χ3n) is 1.99. The summed E-state index contributed by atoms with van der Waals surface area (Å²) in [6.07, 6.45) is 4.58. The third kappa shape index (κ3) is 2.42. The van der Waals surface area contributed by atoms with Crippen molar-refractivity contribution in [3.8, 4) is 0 Å². The topological polar surface area (TPSA) is 12.9 Å². The number of hydrogen-bond acceptors (Lipinski definition) is 1. The molecular weight excluding hydrogens is 238 g/mol. The van der Waals surface area contributed by atoms with E-state index >= 15 is 0 Å². The van der Waals surface area contributed by atoms with Gasteiger partial charge >= 0.3 is 0 Å². The van der Waals surface area contributed by atoms with Crippen molar-refractivity contribution in [3.63, 3.8) is 0 Å². The van der Waals surface area contributed by atoms with Crippen LogP contribution in [0.4, 0.5) is 0 Å². The van der Waals surface area contributed by atoms with Crippen LogP contribution < -0.4 is 0 Å². The van der Waals surface area contributed by atoms with Gasteiger partial charge in [0.1, 0.15) is 0 Å². The fourth-order valence-corrected chi connectivity index (χ4v) is 1.75. The lowest BCUT2D eigenvalue weighted by atomic mass is 10.1. The van der Waals surface area contributed by atoms with Gasteiger partial charge in [0.15, 0.2) is 0 Å². The van der Waals surface area contributed by atoms with Crippen LogP contribution >= 0.6 is 15.9 Å². The van der Waals surface area contributed by atoms with Crippen LogP contribution in [0, 0.1) is 6.07 Å². The molecule has 14 heavy (non-hydrogen) atoms. The van der Waals surface area contributed by atoms with Crippen LogP contribution in [0.25, 0.3) is 0 Å². The molecule has 1 nitrogen and oxygen atoms in total. The van der Waals surface area contributed by atoms with E-state index in [1.807, 2.05) is 30.6 Å². The molecule has 0 fully saturated rings. The Bertz CT molecular complexity index is 412. The molecule has 0 aliphatic heterocycles. The summed E-state index contributed by atoms with van der Waals surface area (Å²) in [7, 11) is 0. The number of hydrogen-bond donors (Lipinski definition) is 0. The summed E-state index contributed by atoms with van der Waals surface area (Å²) in [5, 5.41) is 0. The first-order valence-electron chi connectivity index (χ1n) is 4.39. The molecule has 0 saturated carbocycles. The third-order valence-corrected chi connectivity index (χ3v) is 2.45. The lowest BCUT2D eigenvalue weighted by molar-refractivity contribution is 1.16. The fraction of sp³-hybridized carbons (Fsp3) is 0.0833. The fourth-order valence-electron chi connectivity index (χ4n) is 1.33. The molecule has 0 spiro atoms. The maximum atomic E-state index is 3.99. The molecule has 1 heterocycles. The van der Waals surface area contributed by atoms with Gasteiger partial charge in [0, 0.05) is 16.9 Å². The van der Waals surface area contributed by atoms with Crippen LogP contribution in [0.1, 0.15) is 11.1 Å². The summed E-state index contributed by atoms with van der Waals surface area (Å²) in [6.45, 7) is 0.